The van der Waals surface area contributed by atoms with Crippen LogP contribution < -0.4 is 5.32 Å². The molecule has 1 N–H and O–H groups in total. The van der Waals surface area contributed by atoms with Crippen LogP contribution in [-0.2, 0) is 0 Å². The molecule has 0 aliphatic heterocycles. The molecule has 1 aromatic rings. The maximum Gasteiger partial charge on any atom is 0.0387 e. The van der Waals surface area contributed by atoms with Gasteiger partial charge in [0.2, 0.25) is 0 Å². The molecule has 1 fully saturated rings. The van der Waals surface area contributed by atoms with E-state index in [-0.39, 0.29) is 0 Å². The van der Waals surface area contributed by atoms with Gasteiger partial charge < -0.3 is 5.32 Å². The highest BCUT2D eigenvalue weighted by molar-refractivity contribution is 5.22. The number of aryl methyl sites for hydroxylation is 1. The van der Waals surface area contributed by atoms with Gasteiger partial charge in [0.25, 0.3) is 0 Å². The van der Waals surface area contributed by atoms with Crippen molar-refractivity contribution in [1.82, 2.24) is 10.3 Å². The third-order valence-corrected chi connectivity index (χ3v) is 4.21. The third kappa shape index (κ3) is 2.68. The Kier molecular flexibility index (Phi) is 3.82. The maximum atomic E-state index is 4.34. The van der Waals surface area contributed by atoms with Crippen LogP contribution in [-0.4, -0.2) is 12.0 Å². The van der Waals surface area contributed by atoms with E-state index in [0.717, 1.165) is 0 Å². The Bertz CT molecular complexity index is 367. The van der Waals surface area contributed by atoms with Crippen molar-refractivity contribution in [2.75, 3.05) is 7.05 Å². The van der Waals surface area contributed by atoms with Gasteiger partial charge in [-0.1, -0.05) is 32.3 Å². The van der Waals surface area contributed by atoms with Gasteiger partial charge in [0.05, 0.1) is 0 Å². The van der Waals surface area contributed by atoms with E-state index in [1.54, 1.807) is 0 Å². The quantitative estimate of drug-likeness (QED) is 0.861. The minimum absolute atomic E-state index is 0.391. The number of hydrogen-bond donors (Lipinski definition) is 1. The monoisotopic (exact) mass is 232 g/mol. The topological polar surface area (TPSA) is 24.9 Å². The molecule has 1 unspecified atom stereocenters. The van der Waals surface area contributed by atoms with Crippen LogP contribution in [0.5, 0.6) is 0 Å². The molecule has 1 aliphatic carbocycles. The average molecular weight is 232 g/mol. The van der Waals surface area contributed by atoms with Crippen LogP contribution in [0.1, 0.15) is 56.2 Å². The first-order valence-corrected chi connectivity index (χ1v) is 6.74. The minimum Gasteiger partial charge on any atom is -0.312 e. The van der Waals surface area contributed by atoms with Gasteiger partial charge in [0.15, 0.2) is 0 Å². The third-order valence-electron chi connectivity index (χ3n) is 4.21. The molecule has 0 aromatic carbocycles. The van der Waals surface area contributed by atoms with Gasteiger partial charge in [-0.05, 0) is 43.4 Å². The summed E-state index contributed by atoms with van der Waals surface area (Å²) in [4.78, 5) is 4.34. The van der Waals surface area contributed by atoms with E-state index < -0.39 is 0 Å². The highest BCUT2D eigenvalue weighted by Crippen LogP contribution is 2.45. The molecule has 0 saturated heterocycles. The fourth-order valence-electron chi connectivity index (χ4n) is 3.30. The van der Waals surface area contributed by atoms with Crippen LogP contribution in [0.3, 0.4) is 0 Å². The Morgan fingerprint density at radius 1 is 1.24 bits per heavy atom. The Balaban J connectivity index is 2.26. The largest absolute Gasteiger partial charge is 0.312 e. The lowest BCUT2D eigenvalue weighted by atomic mass is 9.69. The summed E-state index contributed by atoms with van der Waals surface area (Å²) in [6.07, 6.45) is 10.7. The van der Waals surface area contributed by atoms with Gasteiger partial charge in [-0.2, -0.15) is 0 Å². The van der Waals surface area contributed by atoms with Gasteiger partial charge in [-0.15, -0.1) is 0 Å². The van der Waals surface area contributed by atoms with E-state index in [1.807, 2.05) is 12.4 Å². The zero-order chi connectivity index (χ0) is 12.3. The standard InChI is InChI=1S/C15H24N2/c1-12-9-13(11-17-10-12)14(16-3)15(2)7-5-4-6-8-15/h9-11,14,16H,4-8H2,1-3H3. The van der Waals surface area contributed by atoms with Crippen molar-refractivity contribution in [3.63, 3.8) is 0 Å². The molecule has 2 heteroatoms. The minimum atomic E-state index is 0.391. The van der Waals surface area contributed by atoms with E-state index >= 15 is 0 Å². The van der Waals surface area contributed by atoms with Crippen molar-refractivity contribution >= 4 is 0 Å². The Labute approximate surface area is 105 Å². The molecule has 94 valence electrons. The summed E-state index contributed by atoms with van der Waals surface area (Å²) in [7, 11) is 2.08. The molecule has 0 radical (unpaired) electrons. The van der Waals surface area contributed by atoms with Crippen molar-refractivity contribution < 1.29 is 0 Å². The first kappa shape index (κ1) is 12.6. The second-order valence-electron chi connectivity index (χ2n) is 5.73. The maximum absolute atomic E-state index is 4.34. The fraction of sp³-hybridized carbons (Fsp3) is 0.667. The first-order valence-electron chi connectivity index (χ1n) is 6.74. The van der Waals surface area contributed by atoms with Crippen LogP contribution in [0.15, 0.2) is 18.5 Å². The predicted molar refractivity (Wildman–Crippen MR) is 72.0 cm³/mol. The van der Waals surface area contributed by atoms with Crippen LogP contribution in [0.25, 0.3) is 0 Å². The second kappa shape index (κ2) is 5.18. The van der Waals surface area contributed by atoms with Crippen molar-refractivity contribution in [3.8, 4) is 0 Å². The summed E-state index contributed by atoms with van der Waals surface area (Å²) in [6, 6.07) is 2.71. The molecule has 17 heavy (non-hydrogen) atoms. The van der Waals surface area contributed by atoms with Gasteiger partial charge >= 0.3 is 0 Å². The zero-order valence-corrected chi connectivity index (χ0v) is 11.3. The van der Waals surface area contributed by atoms with Crippen LogP contribution in [0.2, 0.25) is 0 Å². The molecule has 0 bridgehead atoms. The molecule has 0 spiro atoms. The van der Waals surface area contributed by atoms with Crippen molar-refractivity contribution in [1.29, 1.82) is 0 Å². The summed E-state index contributed by atoms with van der Waals surface area (Å²) in [5.41, 5.74) is 2.99. The SMILES string of the molecule is CNC(c1cncc(C)c1)C1(C)CCCCC1. The summed E-state index contributed by atoms with van der Waals surface area (Å²) in [5, 5.41) is 3.52. The van der Waals surface area contributed by atoms with Crippen LogP contribution in [0.4, 0.5) is 0 Å². The van der Waals surface area contributed by atoms with E-state index in [4.69, 9.17) is 0 Å². The highest BCUT2D eigenvalue weighted by atomic mass is 14.9. The molecule has 1 aromatic heterocycles. The van der Waals surface area contributed by atoms with E-state index in [1.165, 1.54) is 43.2 Å². The molecule has 1 saturated carbocycles. The van der Waals surface area contributed by atoms with Crippen molar-refractivity contribution in [2.45, 2.75) is 52.0 Å². The lowest BCUT2D eigenvalue weighted by Crippen LogP contribution is -2.36. The summed E-state index contributed by atoms with van der Waals surface area (Å²) < 4.78 is 0. The Morgan fingerprint density at radius 3 is 2.53 bits per heavy atom. The molecule has 2 rings (SSSR count). The number of nitrogens with one attached hydrogen (secondary N) is 1. The lowest BCUT2D eigenvalue weighted by molar-refractivity contribution is 0.150. The van der Waals surface area contributed by atoms with E-state index in [2.05, 4.69) is 37.3 Å². The van der Waals surface area contributed by atoms with Crippen molar-refractivity contribution in [2.24, 2.45) is 5.41 Å². The Hall–Kier alpha value is -0.890. The van der Waals surface area contributed by atoms with Gasteiger partial charge in [0.1, 0.15) is 0 Å². The van der Waals surface area contributed by atoms with Gasteiger partial charge in [-0.3, -0.25) is 4.98 Å². The number of pyridine rings is 1. The molecule has 0 amide bonds. The summed E-state index contributed by atoms with van der Waals surface area (Å²) in [5.74, 6) is 0. The smallest absolute Gasteiger partial charge is 0.0387 e. The highest BCUT2D eigenvalue weighted by Gasteiger charge is 2.35. The molecular weight excluding hydrogens is 208 g/mol. The normalized spacial score (nSPS) is 21.1. The summed E-state index contributed by atoms with van der Waals surface area (Å²) in [6.45, 7) is 4.54. The predicted octanol–water partition coefficient (Wildman–Crippen LogP) is 3.62. The number of rotatable bonds is 3. The van der Waals surface area contributed by atoms with Crippen LogP contribution >= 0.6 is 0 Å². The first-order chi connectivity index (χ1) is 8.15. The summed E-state index contributed by atoms with van der Waals surface area (Å²) >= 11 is 0. The molecule has 2 nitrogen and oxygen atoms in total. The zero-order valence-electron chi connectivity index (χ0n) is 11.3. The Morgan fingerprint density at radius 2 is 1.94 bits per heavy atom. The van der Waals surface area contributed by atoms with Crippen molar-refractivity contribution in [3.05, 3.63) is 29.6 Å². The molecule has 1 aliphatic rings. The molecule has 1 atom stereocenters. The number of aromatic nitrogens is 1. The number of hydrogen-bond acceptors (Lipinski definition) is 2. The van der Waals surface area contributed by atoms with E-state index in [0.29, 0.717) is 11.5 Å². The molecular formula is C15H24N2. The van der Waals surface area contributed by atoms with Gasteiger partial charge in [-0.25, -0.2) is 0 Å². The second-order valence-corrected chi connectivity index (χ2v) is 5.73. The van der Waals surface area contributed by atoms with Crippen LogP contribution in [0, 0.1) is 12.3 Å². The lowest BCUT2D eigenvalue weighted by Gasteiger charge is -2.41. The fourth-order valence-corrected chi connectivity index (χ4v) is 3.30. The average Bonchev–Trinajstić information content (AvgIpc) is 2.30. The van der Waals surface area contributed by atoms with Gasteiger partial charge in [0, 0.05) is 18.4 Å². The van der Waals surface area contributed by atoms with E-state index in [9.17, 15) is 0 Å². The molecule has 1 heterocycles. The number of nitrogens with zero attached hydrogens (tertiary/aromatic N) is 1.